The van der Waals surface area contributed by atoms with Crippen LogP contribution < -0.4 is 0 Å². The lowest BCUT2D eigenvalue weighted by Crippen LogP contribution is -2.67. The van der Waals surface area contributed by atoms with E-state index in [1.807, 2.05) is 0 Å². The van der Waals surface area contributed by atoms with Crippen LogP contribution in [0.1, 0.15) is 106 Å². The van der Waals surface area contributed by atoms with Crippen LogP contribution in [0.5, 0.6) is 0 Å². The Hall–Kier alpha value is -0.830. The number of aliphatic carboxylic acids is 1. The first-order valence-corrected chi connectivity index (χ1v) is 13.8. The van der Waals surface area contributed by atoms with E-state index in [1.165, 1.54) is 31.3 Å². The molecule has 5 aliphatic carbocycles. The fraction of sp³-hybridized carbons (Fsp3) is 0.900. The van der Waals surface area contributed by atoms with Crippen LogP contribution in [-0.4, -0.2) is 22.3 Å². The Bertz CT molecular complexity index is 861. The normalized spacial score (nSPS) is 55.0. The molecule has 0 bridgehead atoms. The fourth-order valence-corrected chi connectivity index (χ4v) is 11.5. The largest absolute Gasteiger partial charge is 0.481 e. The highest BCUT2D eigenvalue weighted by atomic mass is 16.4. The molecule has 2 N–H and O–H groups in total. The molecule has 0 spiro atoms. The average Bonchev–Trinajstić information content (AvgIpc) is 3.13. The van der Waals surface area contributed by atoms with Crippen molar-refractivity contribution in [3.63, 3.8) is 0 Å². The summed E-state index contributed by atoms with van der Waals surface area (Å²) in [5, 5.41) is 21.4. The summed E-state index contributed by atoms with van der Waals surface area (Å²) in [5.41, 5.74) is 1.35. The van der Waals surface area contributed by atoms with Crippen LogP contribution in [-0.2, 0) is 4.79 Å². The number of aliphatic hydroxyl groups is 1. The van der Waals surface area contributed by atoms with Crippen molar-refractivity contribution in [3.05, 3.63) is 12.2 Å². The zero-order valence-corrected chi connectivity index (χ0v) is 22.0. The van der Waals surface area contributed by atoms with Gasteiger partial charge in [0.25, 0.3) is 0 Å². The maximum Gasteiger partial charge on any atom is 0.309 e. The number of hydrogen-bond donors (Lipinski definition) is 2. The van der Waals surface area contributed by atoms with Gasteiger partial charge in [-0.25, -0.2) is 0 Å². The molecule has 0 heterocycles. The number of carboxylic acid groups (broad SMARTS) is 1. The van der Waals surface area contributed by atoms with Gasteiger partial charge in [0.2, 0.25) is 0 Å². The van der Waals surface area contributed by atoms with Crippen LogP contribution in [0.2, 0.25) is 0 Å². The van der Waals surface area contributed by atoms with Crippen LogP contribution in [0.3, 0.4) is 0 Å². The Morgan fingerprint density at radius 2 is 1.52 bits per heavy atom. The zero-order valence-electron chi connectivity index (χ0n) is 22.0. The van der Waals surface area contributed by atoms with Gasteiger partial charge in [0.05, 0.1) is 11.5 Å². The minimum absolute atomic E-state index is 0.0202. The standard InChI is InChI=1S/C30H48O3/c1-18(2)19-10-15-30(25(32)33)17-16-28(6)20(24(19)30)8-9-22-27(5)13-12-23(31)26(3,4)21(27)11-14-29(22,28)7/h19-24,31H,1,8-17H2,2-7H3,(H,32,33)/t19-,20?,21-,22+,23-,24+,27?,28+,29?,30-/m0/s1. The summed E-state index contributed by atoms with van der Waals surface area (Å²) in [5.74, 6) is 1.79. The quantitative estimate of drug-likeness (QED) is 0.436. The predicted octanol–water partition coefficient (Wildman–Crippen LogP) is 7.09. The molecular weight excluding hydrogens is 408 g/mol. The van der Waals surface area contributed by atoms with Crippen molar-refractivity contribution in [1.82, 2.24) is 0 Å². The van der Waals surface area contributed by atoms with Gasteiger partial charge in [-0.15, -0.1) is 0 Å². The van der Waals surface area contributed by atoms with E-state index < -0.39 is 11.4 Å². The van der Waals surface area contributed by atoms with Gasteiger partial charge in [-0.3, -0.25) is 4.79 Å². The molecule has 10 atom stereocenters. The summed E-state index contributed by atoms with van der Waals surface area (Å²) in [4.78, 5) is 12.8. The molecule has 0 radical (unpaired) electrons. The Labute approximate surface area is 201 Å². The number of carbonyl (C=O) groups is 1. The van der Waals surface area contributed by atoms with E-state index in [1.54, 1.807) is 0 Å². The number of allylic oxidation sites excluding steroid dienone is 1. The van der Waals surface area contributed by atoms with Gasteiger partial charge in [-0.05, 0) is 122 Å². The molecule has 33 heavy (non-hydrogen) atoms. The molecule has 0 aliphatic heterocycles. The van der Waals surface area contributed by atoms with E-state index in [-0.39, 0.29) is 33.7 Å². The van der Waals surface area contributed by atoms with E-state index in [0.29, 0.717) is 23.7 Å². The summed E-state index contributed by atoms with van der Waals surface area (Å²) in [6.45, 7) is 18.8. The van der Waals surface area contributed by atoms with Gasteiger partial charge in [0, 0.05) is 0 Å². The van der Waals surface area contributed by atoms with Gasteiger partial charge in [-0.1, -0.05) is 46.8 Å². The summed E-state index contributed by atoms with van der Waals surface area (Å²) < 4.78 is 0. The Morgan fingerprint density at radius 1 is 0.818 bits per heavy atom. The molecule has 186 valence electrons. The summed E-state index contributed by atoms with van der Waals surface area (Å²) in [6.07, 6.45) is 10.5. The first-order chi connectivity index (χ1) is 15.3. The minimum atomic E-state index is -0.538. The van der Waals surface area contributed by atoms with E-state index in [4.69, 9.17) is 0 Å². The number of aliphatic hydroxyl groups excluding tert-OH is 1. The lowest BCUT2D eigenvalue weighted by Gasteiger charge is -2.72. The van der Waals surface area contributed by atoms with Crippen LogP contribution in [0, 0.1) is 56.7 Å². The van der Waals surface area contributed by atoms with Crippen molar-refractivity contribution in [3.8, 4) is 0 Å². The van der Waals surface area contributed by atoms with Crippen LogP contribution >= 0.6 is 0 Å². The molecule has 3 nitrogen and oxygen atoms in total. The van der Waals surface area contributed by atoms with E-state index in [9.17, 15) is 15.0 Å². The lowest BCUT2D eigenvalue weighted by molar-refractivity contribution is -0.248. The molecule has 5 rings (SSSR count). The molecule has 3 unspecified atom stereocenters. The van der Waals surface area contributed by atoms with Crippen LogP contribution in [0.4, 0.5) is 0 Å². The molecule has 0 aromatic rings. The summed E-state index contributed by atoms with van der Waals surface area (Å²) in [6, 6.07) is 0. The van der Waals surface area contributed by atoms with Gasteiger partial charge >= 0.3 is 5.97 Å². The van der Waals surface area contributed by atoms with Gasteiger partial charge in [0.15, 0.2) is 0 Å². The summed E-state index contributed by atoms with van der Waals surface area (Å²) >= 11 is 0. The molecule has 5 saturated carbocycles. The smallest absolute Gasteiger partial charge is 0.309 e. The third-order valence-corrected chi connectivity index (χ3v) is 13.5. The number of carboxylic acids is 1. The fourth-order valence-electron chi connectivity index (χ4n) is 11.5. The maximum absolute atomic E-state index is 12.8. The zero-order chi connectivity index (χ0) is 24.2. The van der Waals surface area contributed by atoms with Crippen LogP contribution in [0.25, 0.3) is 0 Å². The molecule has 0 aromatic heterocycles. The summed E-state index contributed by atoms with van der Waals surface area (Å²) in [7, 11) is 0. The van der Waals surface area contributed by atoms with Crippen molar-refractivity contribution >= 4 is 5.97 Å². The van der Waals surface area contributed by atoms with E-state index in [0.717, 1.165) is 38.5 Å². The number of fused-ring (bicyclic) bond motifs is 7. The lowest BCUT2D eigenvalue weighted by atomic mass is 9.32. The minimum Gasteiger partial charge on any atom is -0.481 e. The highest BCUT2D eigenvalue weighted by Crippen LogP contribution is 2.77. The second-order valence-electron chi connectivity index (χ2n) is 14.5. The monoisotopic (exact) mass is 456 g/mol. The Balaban J connectivity index is 1.57. The third-order valence-electron chi connectivity index (χ3n) is 13.5. The van der Waals surface area contributed by atoms with Gasteiger partial charge in [0.1, 0.15) is 0 Å². The van der Waals surface area contributed by atoms with Gasteiger partial charge in [-0.2, -0.15) is 0 Å². The highest BCUT2D eigenvalue weighted by Gasteiger charge is 2.71. The van der Waals surface area contributed by atoms with Crippen molar-refractivity contribution in [2.45, 2.75) is 112 Å². The Morgan fingerprint density at radius 3 is 2.15 bits per heavy atom. The van der Waals surface area contributed by atoms with Crippen LogP contribution in [0.15, 0.2) is 12.2 Å². The van der Waals surface area contributed by atoms with Crippen molar-refractivity contribution < 1.29 is 15.0 Å². The number of rotatable bonds is 2. The highest BCUT2D eigenvalue weighted by molar-refractivity contribution is 5.76. The molecule has 0 saturated heterocycles. The maximum atomic E-state index is 12.8. The number of hydrogen-bond acceptors (Lipinski definition) is 2. The van der Waals surface area contributed by atoms with Crippen molar-refractivity contribution in [2.75, 3.05) is 0 Å². The van der Waals surface area contributed by atoms with E-state index in [2.05, 4.69) is 48.1 Å². The third kappa shape index (κ3) is 2.75. The van der Waals surface area contributed by atoms with Gasteiger partial charge < -0.3 is 10.2 Å². The topological polar surface area (TPSA) is 57.5 Å². The first-order valence-electron chi connectivity index (χ1n) is 13.8. The Kier molecular flexibility index (Phi) is 5.15. The molecule has 3 heteroatoms. The molecular formula is C30H48O3. The molecule has 5 aliphatic rings. The average molecular weight is 457 g/mol. The second-order valence-corrected chi connectivity index (χ2v) is 14.5. The predicted molar refractivity (Wildman–Crippen MR) is 133 cm³/mol. The first kappa shape index (κ1) is 23.9. The second kappa shape index (κ2) is 7.11. The molecule has 5 fully saturated rings. The van der Waals surface area contributed by atoms with Crippen molar-refractivity contribution in [2.24, 2.45) is 56.7 Å². The molecule has 0 aromatic carbocycles. The SMILES string of the molecule is C=C(C)[C@@H]1CC[C@]2(C(=O)O)CC[C@]3(C)C(CC[C@@H]4C5(C)CC[C@H](O)C(C)(C)[C@@H]5CCC43C)[C@@H]12. The molecule has 0 amide bonds. The van der Waals surface area contributed by atoms with E-state index >= 15 is 0 Å². The van der Waals surface area contributed by atoms with Crippen molar-refractivity contribution in [1.29, 1.82) is 0 Å².